The standard InChI is InChI=1S/C18H21NO4/c1-11(20)19-10-14-9-16(18(22)23-14)13-6-7-15-12(8-13)4-2-3-5-17(15)21/h6-8,14,16H,2-5,9-10H2,1H3,(H,19,20)/t14-,16?/m0/s1. The van der Waals surface area contributed by atoms with E-state index in [1.165, 1.54) is 6.92 Å². The van der Waals surface area contributed by atoms with Crippen molar-refractivity contribution in [3.63, 3.8) is 0 Å². The van der Waals surface area contributed by atoms with E-state index in [-0.39, 0.29) is 29.7 Å². The third-order valence-electron chi connectivity index (χ3n) is 4.58. The van der Waals surface area contributed by atoms with Gasteiger partial charge in [0.1, 0.15) is 6.10 Å². The van der Waals surface area contributed by atoms with Crippen LogP contribution in [0.25, 0.3) is 0 Å². The minimum absolute atomic E-state index is 0.131. The zero-order valence-electron chi connectivity index (χ0n) is 13.3. The first-order chi connectivity index (χ1) is 11.0. The number of ketones is 1. The van der Waals surface area contributed by atoms with Gasteiger partial charge in [-0.05, 0) is 30.4 Å². The van der Waals surface area contributed by atoms with Crippen molar-refractivity contribution < 1.29 is 19.1 Å². The molecule has 1 saturated heterocycles. The first-order valence-electron chi connectivity index (χ1n) is 8.15. The molecule has 122 valence electrons. The number of nitrogens with one attached hydrogen (secondary N) is 1. The van der Waals surface area contributed by atoms with Crippen molar-refractivity contribution in [3.8, 4) is 0 Å². The summed E-state index contributed by atoms with van der Waals surface area (Å²) in [6.07, 6.45) is 3.70. The summed E-state index contributed by atoms with van der Waals surface area (Å²) in [4.78, 5) is 35.2. The second-order valence-electron chi connectivity index (χ2n) is 6.33. The van der Waals surface area contributed by atoms with E-state index >= 15 is 0 Å². The second-order valence-corrected chi connectivity index (χ2v) is 6.33. The molecule has 2 aliphatic rings. The Balaban J connectivity index is 1.77. The van der Waals surface area contributed by atoms with E-state index in [1.54, 1.807) is 0 Å². The highest BCUT2D eigenvalue weighted by Crippen LogP contribution is 2.33. The molecule has 0 bridgehead atoms. The molecule has 1 fully saturated rings. The van der Waals surface area contributed by atoms with E-state index in [9.17, 15) is 14.4 Å². The fourth-order valence-corrected chi connectivity index (χ4v) is 3.35. The molecule has 1 amide bonds. The summed E-state index contributed by atoms with van der Waals surface area (Å²) < 4.78 is 5.35. The number of esters is 1. The molecule has 1 unspecified atom stereocenters. The highest BCUT2D eigenvalue weighted by molar-refractivity contribution is 5.98. The molecule has 0 spiro atoms. The van der Waals surface area contributed by atoms with Gasteiger partial charge >= 0.3 is 5.97 Å². The predicted molar refractivity (Wildman–Crippen MR) is 84.2 cm³/mol. The minimum atomic E-state index is -0.308. The number of rotatable bonds is 3. The maximum atomic E-state index is 12.1. The van der Waals surface area contributed by atoms with Crippen molar-refractivity contribution in [1.29, 1.82) is 0 Å². The lowest BCUT2D eigenvalue weighted by molar-refractivity contribution is -0.142. The molecule has 5 nitrogen and oxygen atoms in total. The zero-order valence-corrected chi connectivity index (χ0v) is 13.3. The third kappa shape index (κ3) is 3.44. The Kier molecular flexibility index (Phi) is 4.46. The monoisotopic (exact) mass is 315 g/mol. The van der Waals surface area contributed by atoms with Crippen LogP contribution in [0.2, 0.25) is 0 Å². The van der Waals surface area contributed by atoms with Gasteiger partial charge in [-0.1, -0.05) is 18.2 Å². The van der Waals surface area contributed by atoms with E-state index in [0.717, 1.165) is 36.0 Å². The summed E-state index contributed by atoms with van der Waals surface area (Å²) in [6.45, 7) is 1.79. The van der Waals surface area contributed by atoms with Gasteiger partial charge < -0.3 is 10.1 Å². The summed E-state index contributed by atoms with van der Waals surface area (Å²) >= 11 is 0. The molecular weight excluding hydrogens is 294 g/mol. The van der Waals surface area contributed by atoms with Crippen molar-refractivity contribution in [1.82, 2.24) is 5.32 Å². The summed E-state index contributed by atoms with van der Waals surface area (Å²) in [5.74, 6) is -0.493. The van der Waals surface area contributed by atoms with E-state index in [2.05, 4.69) is 5.32 Å². The number of hydrogen-bond acceptors (Lipinski definition) is 4. The van der Waals surface area contributed by atoms with Crippen LogP contribution in [0.4, 0.5) is 0 Å². The topological polar surface area (TPSA) is 72.5 Å². The molecule has 1 aliphatic heterocycles. The normalized spacial score (nSPS) is 23.9. The molecule has 3 rings (SSSR count). The lowest BCUT2D eigenvalue weighted by Crippen LogP contribution is -2.30. The smallest absolute Gasteiger partial charge is 0.313 e. The number of ether oxygens (including phenoxy) is 1. The van der Waals surface area contributed by atoms with Gasteiger partial charge in [-0.2, -0.15) is 0 Å². The molecule has 2 atom stereocenters. The Morgan fingerprint density at radius 1 is 1.26 bits per heavy atom. The van der Waals surface area contributed by atoms with E-state index in [1.807, 2.05) is 18.2 Å². The molecule has 0 aromatic heterocycles. The molecule has 1 heterocycles. The first-order valence-corrected chi connectivity index (χ1v) is 8.15. The highest BCUT2D eigenvalue weighted by atomic mass is 16.6. The molecule has 23 heavy (non-hydrogen) atoms. The number of carbonyl (C=O) groups excluding carboxylic acids is 3. The lowest BCUT2D eigenvalue weighted by Gasteiger charge is -2.11. The van der Waals surface area contributed by atoms with Crippen LogP contribution in [0.3, 0.4) is 0 Å². The van der Waals surface area contributed by atoms with Crippen LogP contribution in [-0.2, 0) is 20.7 Å². The fraction of sp³-hybridized carbons (Fsp3) is 0.500. The molecule has 0 saturated carbocycles. The van der Waals surface area contributed by atoms with Crippen LogP contribution in [0.1, 0.15) is 60.0 Å². The number of hydrogen-bond donors (Lipinski definition) is 1. The van der Waals surface area contributed by atoms with E-state index in [4.69, 9.17) is 4.74 Å². The van der Waals surface area contributed by atoms with Crippen LogP contribution < -0.4 is 5.32 Å². The average Bonchev–Trinajstić information content (AvgIpc) is 2.79. The Labute approximate surface area is 135 Å². The number of Topliss-reactive ketones (excluding diaryl/α,β-unsaturated/α-hetero) is 1. The number of benzene rings is 1. The first kappa shape index (κ1) is 15.7. The van der Waals surface area contributed by atoms with Crippen LogP contribution in [-0.4, -0.2) is 30.3 Å². The largest absolute Gasteiger partial charge is 0.460 e. The summed E-state index contributed by atoms with van der Waals surface area (Å²) in [5.41, 5.74) is 2.75. The predicted octanol–water partition coefficient (Wildman–Crippen LogP) is 2.13. The van der Waals surface area contributed by atoms with Gasteiger partial charge in [0.2, 0.25) is 5.91 Å². The number of amides is 1. The van der Waals surface area contributed by atoms with Crippen LogP contribution in [0, 0.1) is 0 Å². The number of carbonyl (C=O) groups is 3. The SMILES string of the molecule is CC(=O)NC[C@@H]1CC(c2ccc3c(c2)CCCCC3=O)C(=O)O1. The Hall–Kier alpha value is -2.17. The van der Waals surface area contributed by atoms with Crippen molar-refractivity contribution >= 4 is 17.7 Å². The van der Waals surface area contributed by atoms with Gasteiger partial charge in [0, 0.05) is 25.3 Å². The van der Waals surface area contributed by atoms with Crippen LogP contribution in [0.15, 0.2) is 18.2 Å². The van der Waals surface area contributed by atoms with E-state index in [0.29, 0.717) is 19.4 Å². The number of cyclic esters (lactones) is 1. The van der Waals surface area contributed by atoms with Gasteiger partial charge in [0.15, 0.2) is 5.78 Å². The third-order valence-corrected chi connectivity index (χ3v) is 4.58. The quantitative estimate of drug-likeness (QED) is 0.685. The van der Waals surface area contributed by atoms with Crippen molar-refractivity contribution in [3.05, 3.63) is 34.9 Å². The van der Waals surface area contributed by atoms with Crippen LogP contribution in [0.5, 0.6) is 0 Å². The summed E-state index contributed by atoms with van der Waals surface area (Å²) in [6, 6.07) is 5.72. The Morgan fingerprint density at radius 3 is 2.83 bits per heavy atom. The summed E-state index contributed by atoms with van der Waals surface area (Å²) in [5, 5.41) is 2.68. The van der Waals surface area contributed by atoms with Gasteiger partial charge in [-0.15, -0.1) is 0 Å². The Bertz CT molecular complexity index is 652. The van der Waals surface area contributed by atoms with Crippen LogP contribution >= 0.6 is 0 Å². The molecular formula is C18H21NO4. The lowest BCUT2D eigenvalue weighted by atomic mass is 9.91. The molecule has 0 radical (unpaired) electrons. The molecule has 5 heteroatoms. The second kappa shape index (κ2) is 6.52. The molecule has 1 aromatic rings. The number of aryl methyl sites for hydroxylation is 1. The Morgan fingerprint density at radius 2 is 2.04 bits per heavy atom. The maximum absolute atomic E-state index is 12.1. The van der Waals surface area contributed by atoms with Gasteiger partial charge in [-0.3, -0.25) is 14.4 Å². The minimum Gasteiger partial charge on any atom is -0.460 e. The molecule has 1 N–H and O–H groups in total. The number of fused-ring (bicyclic) bond motifs is 1. The fourth-order valence-electron chi connectivity index (χ4n) is 3.35. The maximum Gasteiger partial charge on any atom is 0.313 e. The average molecular weight is 315 g/mol. The van der Waals surface area contributed by atoms with Gasteiger partial charge in [-0.25, -0.2) is 0 Å². The molecule has 1 aromatic carbocycles. The zero-order chi connectivity index (χ0) is 16.4. The van der Waals surface area contributed by atoms with E-state index < -0.39 is 0 Å². The molecule has 1 aliphatic carbocycles. The van der Waals surface area contributed by atoms with Crippen molar-refractivity contribution in [2.24, 2.45) is 0 Å². The van der Waals surface area contributed by atoms with Crippen molar-refractivity contribution in [2.45, 2.75) is 51.0 Å². The summed E-state index contributed by atoms with van der Waals surface area (Å²) in [7, 11) is 0. The van der Waals surface area contributed by atoms with Gasteiger partial charge in [0.05, 0.1) is 12.5 Å². The highest BCUT2D eigenvalue weighted by Gasteiger charge is 2.36. The van der Waals surface area contributed by atoms with Gasteiger partial charge in [0.25, 0.3) is 0 Å². The van der Waals surface area contributed by atoms with Crippen molar-refractivity contribution in [2.75, 3.05) is 6.54 Å².